The van der Waals surface area contributed by atoms with Gasteiger partial charge in [-0.05, 0) is 41.5 Å². The van der Waals surface area contributed by atoms with E-state index < -0.39 is 0 Å². The largest absolute Gasteiger partial charge is 0.497 e. The Labute approximate surface area is 140 Å². The van der Waals surface area contributed by atoms with Crippen LogP contribution in [0.15, 0.2) is 42.5 Å². The Morgan fingerprint density at radius 1 is 0.870 bits per heavy atom. The second-order valence-electron chi connectivity index (χ2n) is 4.64. The van der Waals surface area contributed by atoms with Crippen LogP contribution in [0.5, 0.6) is 17.2 Å². The zero-order chi connectivity index (χ0) is 16.8. The quantitative estimate of drug-likeness (QED) is 0.455. The molecule has 0 saturated heterocycles. The molecule has 2 rings (SSSR count). The summed E-state index contributed by atoms with van der Waals surface area (Å²) in [6.07, 6.45) is 0.737. The zero-order valence-electron chi connectivity index (χ0n) is 13.1. The molecule has 0 aliphatic heterocycles. The van der Waals surface area contributed by atoms with E-state index in [2.05, 4.69) is 0 Å². The van der Waals surface area contributed by atoms with Crippen molar-refractivity contribution < 1.29 is 19.0 Å². The van der Waals surface area contributed by atoms with Crippen molar-refractivity contribution in [2.45, 2.75) is 0 Å². The van der Waals surface area contributed by atoms with Crippen LogP contribution in [0.3, 0.4) is 0 Å². The molecule has 0 aliphatic carbocycles. The molecule has 0 N–H and O–H groups in total. The highest BCUT2D eigenvalue weighted by molar-refractivity contribution is 6.55. The van der Waals surface area contributed by atoms with Crippen molar-refractivity contribution in [1.29, 1.82) is 0 Å². The maximum absolute atomic E-state index is 11.5. The summed E-state index contributed by atoms with van der Waals surface area (Å²) >= 11 is 6.43. The van der Waals surface area contributed by atoms with E-state index in [0.29, 0.717) is 39.0 Å². The molecule has 0 spiro atoms. The molecule has 0 fully saturated rings. The van der Waals surface area contributed by atoms with E-state index in [0.717, 1.165) is 6.29 Å². The molecular weight excluding hydrogens is 316 g/mol. The third kappa shape index (κ3) is 3.66. The Kier molecular flexibility index (Phi) is 5.66. The van der Waals surface area contributed by atoms with Crippen molar-refractivity contribution in [3.63, 3.8) is 0 Å². The van der Waals surface area contributed by atoms with E-state index in [9.17, 15) is 4.79 Å². The number of ether oxygens (including phenoxy) is 3. The van der Waals surface area contributed by atoms with Crippen LogP contribution in [0.2, 0.25) is 0 Å². The fraction of sp³-hybridized carbons (Fsp3) is 0.167. The number of methoxy groups -OCH3 is 3. The number of allylic oxidation sites excluding steroid dienone is 1. The van der Waals surface area contributed by atoms with Crippen LogP contribution in [0, 0.1) is 0 Å². The summed E-state index contributed by atoms with van der Waals surface area (Å²) in [6.45, 7) is 0. The number of carbonyl (C=O) groups excluding carboxylic acids is 1. The summed E-state index contributed by atoms with van der Waals surface area (Å²) in [5.74, 6) is 1.85. The van der Waals surface area contributed by atoms with E-state index in [-0.39, 0.29) is 0 Å². The van der Waals surface area contributed by atoms with Gasteiger partial charge >= 0.3 is 0 Å². The molecule has 4 nitrogen and oxygen atoms in total. The second kappa shape index (κ2) is 7.70. The summed E-state index contributed by atoms with van der Waals surface area (Å²) in [5, 5.41) is 0.339. The molecule has 120 valence electrons. The molecule has 2 aromatic rings. The minimum atomic E-state index is 0.339. The van der Waals surface area contributed by atoms with Crippen LogP contribution in [-0.4, -0.2) is 27.6 Å². The highest BCUT2D eigenvalue weighted by atomic mass is 35.5. The van der Waals surface area contributed by atoms with Crippen LogP contribution in [-0.2, 0) is 4.79 Å². The normalized spacial score (nSPS) is 11.5. The first-order valence-electron chi connectivity index (χ1n) is 6.86. The molecule has 0 unspecified atom stereocenters. The van der Waals surface area contributed by atoms with Crippen LogP contribution >= 0.6 is 11.6 Å². The van der Waals surface area contributed by atoms with Gasteiger partial charge in [0.25, 0.3) is 0 Å². The number of hydrogen-bond acceptors (Lipinski definition) is 4. The molecule has 0 amide bonds. The van der Waals surface area contributed by atoms with Gasteiger partial charge in [0.15, 0.2) is 17.8 Å². The number of aldehydes is 1. The second-order valence-corrected chi connectivity index (χ2v) is 5.02. The van der Waals surface area contributed by atoms with Crippen LogP contribution in [0.4, 0.5) is 0 Å². The first-order valence-corrected chi connectivity index (χ1v) is 7.24. The molecule has 0 aliphatic rings. The lowest BCUT2D eigenvalue weighted by atomic mass is 10.0. The van der Waals surface area contributed by atoms with Crippen molar-refractivity contribution in [3.8, 4) is 17.2 Å². The Morgan fingerprint density at radius 2 is 1.48 bits per heavy atom. The third-order valence-electron chi connectivity index (χ3n) is 3.39. The molecule has 23 heavy (non-hydrogen) atoms. The summed E-state index contributed by atoms with van der Waals surface area (Å²) in [7, 11) is 4.69. The Hall–Kier alpha value is -2.46. The van der Waals surface area contributed by atoms with Gasteiger partial charge in [-0.3, -0.25) is 4.79 Å². The van der Waals surface area contributed by atoms with Crippen molar-refractivity contribution in [3.05, 3.63) is 53.6 Å². The molecule has 0 bridgehead atoms. The molecule has 0 heterocycles. The lowest BCUT2D eigenvalue weighted by Crippen LogP contribution is -1.94. The molecule has 0 atom stereocenters. The van der Waals surface area contributed by atoms with Gasteiger partial charge in [0.1, 0.15) is 5.75 Å². The van der Waals surface area contributed by atoms with Crippen molar-refractivity contribution in [2.24, 2.45) is 0 Å². The minimum Gasteiger partial charge on any atom is -0.497 e. The predicted molar refractivity (Wildman–Crippen MR) is 91.3 cm³/mol. The lowest BCUT2D eigenvalue weighted by molar-refractivity contribution is -0.103. The van der Waals surface area contributed by atoms with Gasteiger partial charge in [0.05, 0.1) is 26.4 Å². The van der Waals surface area contributed by atoms with Gasteiger partial charge in [-0.25, -0.2) is 0 Å². The summed E-state index contributed by atoms with van der Waals surface area (Å²) in [5.41, 5.74) is 1.77. The topological polar surface area (TPSA) is 44.8 Å². The van der Waals surface area contributed by atoms with E-state index in [4.69, 9.17) is 25.8 Å². The van der Waals surface area contributed by atoms with Crippen LogP contribution in [0.1, 0.15) is 11.1 Å². The van der Waals surface area contributed by atoms with Crippen molar-refractivity contribution in [1.82, 2.24) is 0 Å². The number of halogens is 1. The summed E-state index contributed by atoms with van der Waals surface area (Å²) in [4.78, 5) is 11.5. The first kappa shape index (κ1) is 16.9. The fourth-order valence-electron chi connectivity index (χ4n) is 2.15. The number of rotatable bonds is 6. The van der Waals surface area contributed by atoms with E-state index in [1.54, 1.807) is 63.8 Å². The smallest absolute Gasteiger partial charge is 0.161 e. The van der Waals surface area contributed by atoms with Crippen molar-refractivity contribution >= 4 is 28.5 Å². The SMILES string of the molecule is COc1ccc(/C(C=O)=C(/Cl)c2ccc(OC)c(OC)c2)cc1. The minimum absolute atomic E-state index is 0.339. The number of carbonyl (C=O) groups is 1. The van der Waals surface area contributed by atoms with Gasteiger partial charge in [0.2, 0.25) is 0 Å². The molecule has 2 aromatic carbocycles. The molecule has 0 aromatic heterocycles. The predicted octanol–water partition coefficient (Wildman–Crippen LogP) is 4.02. The highest BCUT2D eigenvalue weighted by Crippen LogP contribution is 2.35. The Bertz CT molecular complexity index is 720. The first-order chi connectivity index (χ1) is 11.1. The van der Waals surface area contributed by atoms with E-state index in [1.807, 2.05) is 0 Å². The standard InChI is InChI=1S/C18H17ClO4/c1-21-14-7-4-12(5-8-14)15(11-20)18(19)13-6-9-16(22-2)17(10-13)23-3/h4-11H,1-3H3/b18-15+. The van der Waals surface area contributed by atoms with Gasteiger partial charge in [-0.2, -0.15) is 0 Å². The van der Waals surface area contributed by atoms with Gasteiger partial charge < -0.3 is 14.2 Å². The lowest BCUT2D eigenvalue weighted by Gasteiger charge is -2.11. The molecule has 0 saturated carbocycles. The summed E-state index contributed by atoms with van der Waals surface area (Å²) in [6, 6.07) is 12.4. The third-order valence-corrected chi connectivity index (χ3v) is 3.81. The Morgan fingerprint density at radius 3 is 2.00 bits per heavy atom. The van der Waals surface area contributed by atoms with Gasteiger partial charge in [-0.15, -0.1) is 0 Å². The van der Waals surface area contributed by atoms with Gasteiger partial charge in [-0.1, -0.05) is 23.7 Å². The fourth-order valence-corrected chi connectivity index (χ4v) is 2.42. The summed E-state index contributed by atoms with van der Waals surface area (Å²) < 4.78 is 15.6. The average Bonchev–Trinajstić information content (AvgIpc) is 2.62. The Balaban J connectivity index is 2.49. The maximum atomic E-state index is 11.5. The molecule has 0 radical (unpaired) electrons. The monoisotopic (exact) mass is 332 g/mol. The van der Waals surface area contributed by atoms with Gasteiger partial charge in [0, 0.05) is 5.57 Å². The molecule has 5 heteroatoms. The van der Waals surface area contributed by atoms with E-state index in [1.165, 1.54) is 0 Å². The van der Waals surface area contributed by atoms with Crippen LogP contribution < -0.4 is 14.2 Å². The van der Waals surface area contributed by atoms with E-state index >= 15 is 0 Å². The molecular formula is C18H17ClO4. The zero-order valence-corrected chi connectivity index (χ0v) is 13.9. The average molecular weight is 333 g/mol. The number of benzene rings is 2. The highest BCUT2D eigenvalue weighted by Gasteiger charge is 2.12. The van der Waals surface area contributed by atoms with Crippen molar-refractivity contribution in [2.75, 3.05) is 21.3 Å². The maximum Gasteiger partial charge on any atom is 0.161 e. The van der Waals surface area contributed by atoms with Crippen LogP contribution in [0.25, 0.3) is 10.6 Å². The number of hydrogen-bond donors (Lipinski definition) is 0.